The smallest absolute Gasteiger partial charge is 0.406 e. The van der Waals surface area contributed by atoms with E-state index in [4.69, 9.17) is 23.2 Å². The molecule has 14 heteroatoms. The molecule has 0 radical (unpaired) electrons. The fourth-order valence-electron chi connectivity index (χ4n) is 5.20. The lowest BCUT2D eigenvalue weighted by Crippen LogP contribution is -2.42. The van der Waals surface area contributed by atoms with Crippen LogP contribution in [-0.4, -0.2) is 62.8 Å². The van der Waals surface area contributed by atoms with Gasteiger partial charge in [-0.25, -0.2) is 14.5 Å². The molecule has 2 atom stereocenters. The summed E-state index contributed by atoms with van der Waals surface area (Å²) in [5.41, 5.74) is 3.06. The lowest BCUT2D eigenvalue weighted by molar-refractivity contribution is -0.121. The first kappa shape index (κ1) is 31.0. The van der Waals surface area contributed by atoms with Gasteiger partial charge in [-0.1, -0.05) is 53.4 Å². The van der Waals surface area contributed by atoms with Gasteiger partial charge in [0.2, 0.25) is 5.91 Å². The van der Waals surface area contributed by atoms with Gasteiger partial charge in [0.25, 0.3) is 5.56 Å². The fourth-order valence-corrected chi connectivity index (χ4v) is 5.50. The second-order valence-electron chi connectivity index (χ2n) is 10.4. The van der Waals surface area contributed by atoms with E-state index in [-0.39, 0.29) is 29.2 Å². The first-order valence-corrected chi connectivity index (χ1v) is 15.0. The third-order valence-corrected chi connectivity index (χ3v) is 7.80. The van der Waals surface area contributed by atoms with Crippen LogP contribution in [0.4, 0.5) is 10.5 Å². The number of hydrogen-bond donors (Lipinski definition) is 3. The summed E-state index contributed by atoms with van der Waals surface area (Å²) >= 11 is 12.3. The number of carbonyl (C=O) groups excluding carboxylic acids is 2. The van der Waals surface area contributed by atoms with Crippen molar-refractivity contribution in [2.45, 2.75) is 44.2 Å². The highest BCUT2D eigenvalue weighted by molar-refractivity contribution is 6.31. The molecular formula is C30H32Cl2N8O4. The van der Waals surface area contributed by atoms with Gasteiger partial charge in [-0.3, -0.25) is 14.2 Å². The summed E-state index contributed by atoms with van der Waals surface area (Å²) in [7, 11) is 1.29. The minimum Gasteiger partial charge on any atom is -0.453 e. The first-order chi connectivity index (χ1) is 21.3. The van der Waals surface area contributed by atoms with Crippen LogP contribution in [-0.2, 0) is 9.53 Å². The Morgan fingerprint density at radius 1 is 1.11 bits per heavy atom. The van der Waals surface area contributed by atoms with Crippen molar-refractivity contribution in [3.8, 4) is 16.9 Å². The van der Waals surface area contributed by atoms with Crippen LogP contribution in [0.3, 0.4) is 0 Å². The minimum atomic E-state index is -0.586. The number of ether oxygens (including phenoxy) is 1. The summed E-state index contributed by atoms with van der Waals surface area (Å²) in [6.07, 6.45) is 6.11. The van der Waals surface area contributed by atoms with Crippen molar-refractivity contribution in [3.63, 3.8) is 0 Å². The maximum absolute atomic E-state index is 13.7. The van der Waals surface area contributed by atoms with Crippen molar-refractivity contribution in [1.29, 1.82) is 0 Å². The van der Waals surface area contributed by atoms with Gasteiger partial charge < -0.3 is 20.7 Å². The molecule has 2 amide bonds. The third kappa shape index (κ3) is 7.56. The number of anilines is 1. The second-order valence-corrected chi connectivity index (χ2v) is 11.2. The zero-order valence-electron chi connectivity index (χ0n) is 24.0. The molecule has 0 fully saturated rings. The Labute approximate surface area is 263 Å². The van der Waals surface area contributed by atoms with Gasteiger partial charge >= 0.3 is 6.09 Å². The van der Waals surface area contributed by atoms with Gasteiger partial charge in [-0.15, -0.1) is 5.10 Å². The van der Waals surface area contributed by atoms with E-state index >= 15 is 0 Å². The van der Waals surface area contributed by atoms with E-state index in [1.807, 2.05) is 24.3 Å². The molecule has 0 spiro atoms. The van der Waals surface area contributed by atoms with Crippen LogP contribution in [0.1, 0.15) is 43.7 Å². The average molecular weight is 640 g/mol. The molecule has 0 unspecified atom stereocenters. The third-order valence-electron chi connectivity index (χ3n) is 7.39. The van der Waals surface area contributed by atoms with Crippen LogP contribution < -0.4 is 21.5 Å². The summed E-state index contributed by atoms with van der Waals surface area (Å²) in [5.74, 6) is -0.151. The number of carbonyl (C=O) groups is 2. The number of aromatic nitrogens is 5. The zero-order valence-corrected chi connectivity index (χ0v) is 25.5. The van der Waals surface area contributed by atoms with Crippen molar-refractivity contribution in [3.05, 3.63) is 87.1 Å². The number of hydrogen-bond acceptors (Lipinski definition) is 8. The van der Waals surface area contributed by atoms with Crippen LogP contribution in [0, 0.1) is 0 Å². The second kappa shape index (κ2) is 14.4. The van der Waals surface area contributed by atoms with Crippen LogP contribution in [0.5, 0.6) is 0 Å². The molecular weight excluding hydrogens is 607 g/mol. The molecule has 5 rings (SSSR count). The Bertz CT molecular complexity index is 1690. The minimum absolute atomic E-state index is 0.151. The predicted molar refractivity (Wildman–Crippen MR) is 167 cm³/mol. The normalized spacial score (nSPS) is 17.3. The average Bonchev–Trinajstić information content (AvgIpc) is 3.46. The topological polar surface area (TPSA) is 145 Å². The lowest BCUT2D eigenvalue weighted by Gasteiger charge is -2.22. The highest BCUT2D eigenvalue weighted by atomic mass is 35.5. The van der Waals surface area contributed by atoms with Gasteiger partial charge in [-0.05, 0) is 55.2 Å². The van der Waals surface area contributed by atoms with Gasteiger partial charge in [0.15, 0.2) is 5.15 Å². The highest BCUT2D eigenvalue weighted by Crippen LogP contribution is 2.30. The van der Waals surface area contributed by atoms with E-state index in [1.165, 1.54) is 17.9 Å². The standard InChI is InChI=1S/C30H32Cl2N8O4/c1-44-30(43)34-13-11-23-29(42)33-12-4-2-3-8-25(19-6-5-7-21(14-19)36-23)39-18-35-24(16-28(39)41)22-15-20(31)9-10-26(22)40-17-27(32)37-38-40/h5-7,9-10,14-18,23,25,36H,2-4,8,11-13H2,1H3,(H,33,42)(H,34,43)/t23-,25+/m1/s1. The molecule has 3 N–H and O–H groups in total. The highest BCUT2D eigenvalue weighted by Gasteiger charge is 2.22. The van der Waals surface area contributed by atoms with Crippen LogP contribution >= 0.6 is 23.2 Å². The molecule has 12 nitrogen and oxygen atoms in total. The number of halogens is 2. The van der Waals surface area contributed by atoms with Crippen molar-refractivity contribution in [1.82, 2.24) is 35.2 Å². The van der Waals surface area contributed by atoms with Crippen molar-refractivity contribution < 1.29 is 14.3 Å². The lowest BCUT2D eigenvalue weighted by atomic mass is 9.99. The van der Waals surface area contributed by atoms with Crippen molar-refractivity contribution in [2.24, 2.45) is 0 Å². The van der Waals surface area contributed by atoms with E-state index in [1.54, 1.807) is 35.3 Å². The van der Waals surface area contributed by atoms with Gasteiger partial charge in [0.05, 0.1) is 37.1 Å². The Morgan fingerprint density at radius 2 is 1.98 bits per heavy atom. The quantitative estimate of drug-likeness (QED) is 0.278. The van der Waals surface area contributed by atoms with Gasteiger partial charge in [0.1, 0.15) is 6.04 Å². The van der Waals surface area contributed by atoms with E-state index in [9.17, 15) is 14.4 Å². The van der Waals surface area contributed by atoms with Gasteiger partial charge in [0, 0.05) is 35.4 Å². The van der Waals surface area contributed by atoms with Crippen molar-refractivity contribution in [2.75, 3.05) is 25.5 Å². The van der Waals surface area contributed by atoms with E-state index in [2.05, 4.69) is 36.0 Å². The Morgan fingerprint density at radius 3 is 2.75 bits per heavy atom. The number of nitrogens with zero attached hydrogens (tertiary/aromatic N) is 5. The molecule has 3 heterocycles. The maximum atomic E-state index is 13.7. The summed E-state index contributed by atoms with van der Waals surface area (Å²) in [6.45, 7) is 0.782. The van der Waals surface area contributed by atoms with Crippen LogP contribution in [0.2, 0.25) is 10.2 Å². The number of nitrogens with one attached hydrogen (secondary N) is 3. The van der Waals surface area contributed by atoms with E-state index in [0.29, 0.717) is 41.4 Å². The Hall–Kier alpha value is -4.42. The zero-order chi connectivity index (χ0) is 31.1. The summed E-state index contributed by atoms with van der Waals surface area (Å²) in [6, 6.07) is 13.5. The number of rotatable bonds is 6. The largest absolute Gasteiger partial charge is 0.453 e. The molecule has 0 saturated carbocycles. The maximum Gasteiger partial charge on any atom is 0.406 e. The summed E-state index contributed by atoms with van der Waals surface area (Å²) in [5, 5.41) is 17.5. The Kier molecular flexibility index (Phi) is 10.1. The van der Waals surface area contributed by atoms with Gasteiger partial charge in [-0.2, -0.15) is 0 Å². The molecule has 0 aliphatic carbocycles. The SMILES string of the molecule is COC(=O)NCC[C@H]1Nc2cccc(c2)[C@@H](n2cnc(-c3cc(Cl)ccc3-n3cc(Cl)nn3)cc2=O)CCCCCNC1=O. The predicted octanol–water partition coefficient (Wildman–Crippen LogP) is 4.60. The number of alkyl carbamates (subject to hydrolysis) is 1. The molecule has 1 aliphatic rings. The van der Waals surface area contributed by atoms with Crippen molar-refractivity contribution >= 4 is 40.9 Å². The van der Waals surface area contributed by atoms with E-state index in [0.717, 1.165) is 30.5 Å². The number of methoxy groups -OCH3 is 1. The Balaban J connectivity index is 1.46. The fraction of sp³-hybridized carbons (Fsp3) is 0.333. The molecule has 0 saturated heterocycles. The molecule has 2 bridgehead atoms. The summed E-state index contributed by atoms with van der Waals surface area (Å²) in [4.78, 5) is 42.9. The van der Waals surface area contributed by atoms with Crippen LogP contribution in [0.15, 0.2) is 65.8 Å². The van der Waals surface area contributed by atoms with E-state index < -0.39 is 12.1 Å². The molecule has 2 aromatic heterocycles. The van der Waals surface area contributed by atoms with Crippen LogP contribution in [0.25, 0.3) is 16.9 Å². The molecule has 1 aliphatic heterocycles. The first-order valence-electron chi connectivity index (χ1n) is 14.2. The molecule has 230 valence electrons. The molecule has 44 heavy (non-hydrogen) atoms. The number of fused-ring (bicyclic) bond motifs is 2. The number of amides is 2. The molecule has 2 aromatic carbocycles. The monoisotopic (exact) mass is 638 g/mol. The summed E-state index contributed by atoms with van der Waals surface area (Å²) < 4.78 is 7.78. The number of benzene rings is 2. The molecule has 4 aromatic rings.